The summed E-state index contributed by atoms with van der Waals surface area (Å²) in [5, 5.41) is 26.6. The Morgan fingerprint density at radius 3 is 1.68 bits per heavy atom. The van der Waals surface area contributed by atoms with Gasteiger partial charge in [0.25, 0.3) is 36.0 Å². The van der Waals surface area contributed by atoms with Gasteiger partial charge < -0.3 is 11.5 Å². The number of carbonyl (C=O) groups is 2. The van der Waals surface area contributed by atoms with Crippen LogP contribution in [0.1, 0.15) is 31.8 Å². The number of nitrogens with zero attached hydrogens (tertiary/aromatic N) is 5. The van der Waals surface area contributed by atoms with Gasteiger partial charge in [0.1, 0.15) is 20.4 Å². The molecule has 0 spiro atoms. The van der Waals surface area contributed by atoms with Crippen LogP contribution in [0.25, 0.3) is 23.3 Å². The van der Waals surface area contributed by atoms with E-state index in [1.54, 1.807) is 36.4 Å². The maximum atomic E-state index is 13.9. The first kappa shape index (κ1) is 43.3. The van der Waals surface area contributed by atoms with Gasteiger partial charge in [0.05, 0.1) is 33.2 Å². The molecule has 0 aromatic heterocycles. The van der Waals surface area contributed by atoms with E-state index >= 15 is 0 Å². The predicted octanol–water partition coefficient (Wildman–Crippen LogP) is 5.87. The van der Waals surface area contributed by atoms with Crippen LogP contribution in [-0.2, 0) is 30.4 Å². The molecule has 0 aliphatic heterocycles. The van der Waals surface area contributed by atoms with Crippen molar-refractivity contribution in [1.82, 2.24) is 0 Å². The minimum Gasteiger partial charge on any atom is -0.399 e. The van der Waals surface area contributed by atoms with E-state index in [9.17, 15) is 58.6 Å². The minimum absolute atomic E-state index is 0.0890. The second kappa shape index (κ2) is 16.2. The van der Waals surface area contributed by atoms with Crippen LogP contribution >= 0.6 is 0 Å². The van der Waals surface area contributed by atoms with Crippen molar-refractivity contribution in [1.29, 1.82) is 0 Å². The number of rotatable bonds is 11. The van der Waals surface area contributed by atoms with E-state index < -0.39 is 95.5 Å². The van der Waals surface area contributed by atoms with E-state index in [1.165, 1.54) is 42.5 Å². The lowest BCUT2D eigenvalue weighted by Crippen LogP contribution is -2.28. The van der Waals surface area contributed by atoms with Crippen LogP contribution in [0.2, 0.25) is 0 Å². The summed E-state index contributed by atoms with van der Waals surface area (Å²) in [5.74, 6) is -2.01. The zero-order chi connectivity index (χ0) is 45.6. The maximum Gasteiger partial charge on any atom is 0.296 e. The number of Topliss-reactive ketones (excluding diaryl/α,β-unsaturated/α-hetero) is 2. The van der Waals surface area contributed by atoms with Gasteiger partial charge in [-0.3, -0.25) is 44.2 Å². The van der Waals surface area contributed by atoms with Crippen molar-refractivity contribution in [2.75, 3.05) is 22.3 Å². The third-order valence-electron chi connectivity index (χ3n) is 9.19. The van der Waals surface area contributed by atoms with Crippen molar-refractivity contribution in [3.63, 3.8) is 0 Å². The minimum atomic E-state index is -5.22. The molecule has 0 saturated carbocycles. The molecule has 63 heavy (non-hydrogen) atoms. The Kier molecular flexibility index (Phi) is 11.2. The molecule has 22 nitrogen and oxygen atoms in total. The highest BCUT2D eigenvalue weighted by molar-refractivity contribution is 7.91. The van der Waals surface area contributed by atoms with Gasteiger partial charge in [-0.2, -0.15) is 40.6 Å². The van der Waals surface area contributed by atoms with Gasteiger partial charge in [-0.15, -0.1) is 5.11 Å². The molecule has 0 amide bonds. The van der Waals surface area contributed by atoms with Crippen LogP contribution in [-0.4, -0.2) is 66.8 Å². The normalized spacial score (nSPS) is 15.5. The average Bonchev–Trinajstić information content (AvgIpc) is 3.22. The highest BCUT2D eigenvalue weighted by atomic mass is 32.2. The summed E-state index contributed by atoms with van der Waals surface area (Å²) in [5.41, 5.74) is 15.1. The smallest absolute Gasteiger partial charge is 0.296 e. The van der Waals surface area contributed by atoms with Gasteiger partial charge in [-0.1, -0.05) is 36.4 Å². The van der Waals surface area contributed by atoms with Crippen LogP contribution in [0.3, 0.4) is 0 Å². The molecule has 0 saturated heterocycles. The number of ketones is 2. The lowest BCUT2D eigenvalue weighted by atomic mass is 9.92. The molecule has 25 heteroatoms. The summed E-state index contributed by atoms with van der Waals surface area (Å²) in [4.78, 5) is 34.7. The number of hydrazone groups is 2. The van der Waals surface area contributed by atoms with Crippen molar-refractivity contribution in [2.45, 2.75) is 4.90 Å². The zero-order valence-electron chi connectivity index (χ0n) is 31.4. The third kappa shape index (κ3) is 8.98. The first-order valence-electron chi connectivity index (χ1n) is 17.5. The number of nitro groups is 1. The van der Waals surface area contributed by atoms with Gasteiger partial charge in [0.15, 0.2) is 11.4 Å². The third-order valence-corrected chi connectivity index (χ3v) is 11.8. The van der Waals surface area contributed by atoms with E-state index in [4.69, 9.17) is 11.5 Å². The molecule has 2 aliphatic carbocycles. The Morgan fingerprint density at radius 2 is 1.16 bits per heavy atom. The number of nitro benzene ring substituents is 1. The van der Waals surface area contributed by atoms with Crippen molar-refractivity contribution in [2.24, 2.45) is 20.4 Å². The number of anilines is 4. The highest BCUT2D eigenvalue weighted by Crippen LogP contribution is 2.41. The topological polar surface area (TPSA) is 366 Å². The van der Waals surface area contributed by atoms with Crippen molar-refractivity contribution in [3.8, 4) is 11.1 Å². The summed E-state index contributed by atoms with van der Waals surface area (Å²) in [6, 6.07) is 22.3. The lowest BCUT2D eigenvalue weighted by Gasteiger charge is -2.20. The summed E-state index contributed by atoms with van der Waals surface area (Å²) < 4.78 is 104. The molecule has 0 heterocycles. The number of carbonyl (C=O) groups excluding carboxylic acids is 2. The standard InChI is InChI=1S/C38H27N9O13S3/c39-23-9-4-21-14-30(62(55,56)57)35(37(48)28(21)17-23)45-41-24-10-5-19(6-11-24)20-7-12-25(13-8-20)42-46-36-31(63(58,59)60)16-22-15-29(61(52,53)54)34(33(40)32(22)38(36)49)44-43-26-2-1-3-27(18-26)47(50)51/h1-18,41-42H,39-40H2,(H,52,53,54)(H,55,56,57)(H,58,59,60)/b44-43?,45-35-,46-36+. The second-order valence-electron chi connectivity index (χ2n) is 13.3. The summed E-state index contributed by atoms with van der Waals surface area (Å²) in [6.07, 6.45) is 1.81. The van der Waals surface area contributed by atoms with Crippen molar-refractivity contribution < 1.29 is 53.4 Å². The number of non-ortho nitro benzene ring substituents is 1. The van der Waals surface area contributed by atoms with Crippen molar-refractivity contribution >= 4 is 105 Å². The van der Waals surface area contributed by atoms with Crippen molar-refractivity contribution in [3.05, 3.63) is 139 Å². The molecule has 0 fully saturated rings. The molecule has 320 valence electrons. The predicted molar refractivity (Wildman–Crippen MR) is 231 cm³/mol. The number of nitrogens with one attached hydrogen (secondary N) is 2. The molecular weight excluding hydrogens is 887 g/mol. The molecule has 5 aromatic carbocycles. The molecule has 5 aromatic rings. The number of benzene rings is 5. The average molecular weight is 914 g/mol. The Bertz CT molecular complexity index is 3330. The SMILES string of the molecule is Nc1ccc2c(c1)C(=O)/C(=N\Nc1ccc(-c3ccc(N/N=C4/C(=O)c5c(cc(S(=O)(=O)O)c(N=Nc6cccc([N+](=O)[O-])c6)c5N)C=C4S(=O)(=O)O)cc3)cc1)C(S(=O)(=O)O)=C2. The zero-order valence-corrected chi connectivity index (χ0v) is 33.9. The molecule has 9 N–H and O–H groups in total. The molecule has 2 aliphatic rings. The van der Waals surface area contributed by atoms with E-state index in [0.29, 0.717) is 29.0 Å². The first-order valence-corrected chi connectivity index (χ1v) is 21.8. The maximum absolute atomic E-state index is 13.9. The largest absolute Gasteiger partial charge is 0.399 e. The number of fused-ring (bicyclic) bond motifs is 2. The first-order chi connectivity index (χ1) is 29.6. The van der Waals surface area contributed by atoms with E-state index in [0.717, 1.165) is 18.2 Å². The monoisotopic (exact) mass is 913 g/mol. The van der Waals surface area contributed by atoms with Gasteiger partial charge >= 0.3 is 0 Å². The molecule has 0 bridgehead atoms. The van der Waals surface area contributed by atoms with Gasteiger partial charge in [-0.25, -0.2) is 0 Å². The Labute approximate surface area is 355 Å². The summed E-state index contributed by atoms with van der Waals surface area (Å²) in [7, 11) is -15.3. The van der Waals surface area contributed by atoms with Crippen LogP contribution in [0.4, 0.5) is 39.8 Å². The van der Waals surface area contributed by atoms with Gasteiger partial charge in [-0.05, 0) is 82.9 Å². The molecule has 7 rings (SSSR count). The van der Waals surface area contributed by atoms with E-state index in [2.05, 4.69) is 31.3 Å². The Hall–Kier alpha value is -7.81. The number of nitrogens with two attached hydrogens (primary N) is 2. The summed E-state index contributed by atoms with van der Waals surface area (Å²) >= 11 is 0. The summed E-state index contributed by atoms with van der Waals surface area (Å²) in [6.45, 7) is 0. The number of nitrogen functional groups attached to an aromatic ring is 2. The quantitative estimate of drug-likeness (QED) is 0.0267. The number of hydrogen-bond acceptors (Lipinski definition) is 18. The van der Waals surface area contributed by atoms with Crippen LogP contribution in [0.5, 0.6) is 0 Å². The second-order valence-corrected chi connectivity index (χ2v) is 17.5. The fraction of sp³-hybridized carbons (Fsp3) is 0. The molecule has 0 unspecified atom stereocenters. The van der Waals surface area contributed by atoms with Gasteiger partial charge in [0.2, 0.25) is 11.6 Å². The highest BCUT2D eigenvalue weighted by Gasteiger charge is 2.37. The number of hydrogen-bond donors (Lipinski definition) is 7. The Balaban J connectivity index is 1.13. The molecule has 0 radical (unpaired) electrons. The lowest BCUT2D eigenvalue weighted by molar-refractivity contribution is -0.384. The van der Waals surface area contributed by atoms with Crippen LogP contribution in [0.15, 0.2) is 132 Å². The van der Waals surface area contributed by atoms with Crippen LogP contribution in [0, 0.1) is 10.1 Å². The van der Waals surface area contributed by atoms with Gasteiger partial charge in [0, 0.05) is 23.4 Å². The molecule has 0 atom stereocenters. The molecular formula is C38H27N9O13S3. The fourth-order valence-electron chi connectivity index (χ4n) is 6.24. The fourth-order valence-corrected chi connectivity index (χ4v) is 8.23. The van der Waals surface area contributed by atoms with E-state index in [-0.39, 0.29) is 33.9 Å². The van der Waals surface area contributed by atoms with Crippen LogP contribution < -0.4 is 22.3 Å². The van der Waals surface area contributed by atoms with E-state index in [1.807, 2.05) is 0 Å². The Morgan fingerprint density at radius 1 is 0.619 bits per heavy atom. The number of allylic oxidation sites excluding steroid dienone is 2. The number of azo groups is 1.